The van der Waals surface area contributed by atoms with Gasteiger partial charge >= 0.3 is 0 Å². The van der Waals surface area contributed by atoms with Gasteiger partial charge in [-0.2, -0.15) is 4.52 Å². The van der Waals surface area contributed by atoms with Crippen molar-refractivity contribution in [2.45, 2.75) is 64.2 Å². The van der Waals surface area contributed by atoms with Crippen LogP contribution < -0.4 is 0 Å². The zero-order valence-corrected chi connectivity index (χ0v) is 24.4. The highest BCUT2D eigenvalue weighted by Gasteiger charge is 2.48. The van der Waals surface area contributed by atoms with Crippen LogP contribution in [0, 0.1) is 0 Å². The van der Waals surface area contributed by atoms with Gasteiger partial charge in [-0.3, -0.25) is 0 Å². The summed E-state index contributed by atoms with van der Waals surface area (Å²) in [5, 5.41) is 0.767. The SMILES string of the molecule is Clc1ccccc1N=P(N=P(N1CCCC1)(N1CCCC1)N1CCCC1)(N1CCCC1)N1CCCC1. The first kappa shape index (κ1) is 26.0. The van der Waals surface area contributed by atoms with Gasteiger partial charge in [-0.15, -0.1) is 0 Å². The van der Waals surface area contributed by atoms with Gasteiger partial charge in [0.2, 0.25) is 7.51 Å². The van der Waals surface area contributed by atoms with Gasteiger partial charge in [0.1, 0.15) is 0 Å². The third-order valence-corrected chi connectivity index (χ3v) is 17.2. The maximum absolute atomic E-state index is 6.82. The molecule has 0 saturated carbocycles. The van der Waals surface area contributed by atoms with E-state index in [9.17, 15) is 0 Å². The molecule has 36 heavy (non-hydrogen) atoms. The minimum atomic E-state index is -2.36. The van der Waals surface area contributed by atoms with Crippen molar-refractivity contribution in [1.82, 2.24) is 23.4 Å². The van der Waals surface area contributed by atoms with E-state index in [0.717, 1.165) is 36.9 Å². The topological polar surface area (TPSA) is 40.9 Å². The molecule has 0 amide bonds. The molecule has 5 saturated heterocycles. The van der Waals surface area contributed by atoms with Gasteiger partial charge in [0.15, 0.2) is 7.51 Å². The molecule has 200 valence electrons. The van der Waals surface area contributed by atoms with Gasteiger partial charge in [-0.25, -0.2) is 28.1 Å². The van der Waals surface area contributed by atoms with E-state index < -0.39 is 15.0 Å². The summed E-state index contributed by atoms with van der Waals surface area (Å²) in [6, 6.07) is 8.25. The van der Waals surface area contributed by atoms with Crippen molar-refractivity contribution in [1.29, 1.82) is 0 Å². The number of rotatable bonds is 7. The van der Waals surface area contributed by atoms with Crippen LogP contribution in [-0.4, -0.2) is 88.8 Å². The number of hydrogen-bond acceptors (Lipinski definition) is 1. The third-order valence-electron chi connectivity index (χ3n) is 8.64. The lowest BCUT2D eigenvalue weighted by molar-refractivity contribution is 0.383. The molecule has 10 heteroatoms. The van der Waals surface area contributed by atoms with Gasteiger partial charge in [0.05, 0.1) is 10.7 Å². The van der Waals surface area contributed by atoms with Crippen molar-refractivity contribution in [3.8, 4) is 0 Å². The summed E-state index contributed by atoms with van der Waals surface area (Å²) in [7, 11) is -4.43. The summed E-state index contributed by atoms with van der Waals surface area (Å²) < 4.78 is 26.2. The Balaban J connectivity index is 1.65. The molecule has 0 unspecified atom stereocenters. The zero-order chi connectivity index (χ0) is 24.4. The van der Waals surface area contributed by atoms with E-state index in [2.05, 4.69) is 35.5 Å². The Labute approximate surface area is 223 Å². The van der Waals surface area contributed by atoms with Crippen molar-refractivity contribution in [2.75, 3.05) is 65.4 Å². The summed E-state index contributed by atoms with van der Waals surface area (Å²) in [5.41, 5.74) is 0.942. The van der Waals surface area contributed by atoms with Crippen LogP contribution >= 0.6 is 26.6 Å². The zero-order valence-electron chi connectivity index (χ0n) is 21.9. The van der Waals surface area contributed by atoms with Crippen LogP contribution in [-0.2, 0) is 0 Å². The van der Waals surface area contributed by atoms with E-state index in [1.54, 1.807) is 0 Å². The van der Waals surface area contributed by atoms with Crippen molar-refractivity contribution in [3.63, 3.8) is 0 Å². The fourth-order valence-electron chi connectivity index (χ4n) is 6.83. The maximum Gasteiger partial charge on any atom is 0.218 e. The Bertz CT molecular complexity index is 936. The molecule has 0 atom stereocenters. The van der Waals surface area contributed by atoms with Gasteiger partial charge in [-0.1, -0.05) is 23.7 Å². The molecule has 0 aliphatic carbocycles. The summed E-state index contributed by atoms with van der Waals surface area (Å²) in [6.07, 6.45) is 12.9. The third kappa shape index (κ3) is 4.82. The molecule has 6 rings (SSSR count). The Morgan fingerprint density at radius 1 is 0.528 bits per heavy atom. The number of hydrogen-bond donors (Lipinski definition) is 0. The highest BCUT2D eigenvalue weighted by atomic mass is 35.5. The molecule has 1 aromatic rings. The van der Waals surface area contributed by atoms with Gasteiger partial charge < -0.3 is 0 Å². The van der Waals surface area contributed by atoms with Crippen LogP contribution in [0.2, 0.25) is 5.02 Å². The number of nitrogens with zero attached hydrogens (tertiary/aromatic N) is 7. The van der Waals surface area contributed by atoms with E-state index in [-0.39, 0.29) is 0 Å². The molecule has 0 radical (unpaired) electrons. The molecule has 7 nitrogen and oxygen atoms in total. The molecule has 5 heterocycles. The van der Waals surface area contributed by atoms with Crippen LogP contribution in [0.15, 0.2) is 33.5 Å². The quantitative estimate of drug-likeness (QED) is 0.331. The standard InChI is InChI=1S/C26H44ClN7P2/c27-25-13-1-2-14-26(25)28-35(30-15-3-4-16-30,31-17-5-6-18-31)29-36(32-19-7-8-20-32,33-21-9-10-22-33)34-23-11-12-24-34/h1-2,13-14H,3-12,15-24H2. The first-order chi connectivity index (χ1) is 17.7. The van der Waals surface area contributed by atoms with Gasteiger partial charge in [-0.05, 0) is 76.3 Å². The average molecular weight is 552 g/mol. The van der Waals surface area contributed by atoms with Gasteiger partial charge in [0.25, 0.3) is 0 Å². The monoisotopic (exact) mass is 551 g/mol. The highest BCUT2D eigenvalue weighted by Crippen LogP contribution is 2.74. The van der Waals surface area contributed by atoms with Crippen molar-refractivity contribution >= 4 is 32.3 Å². The van der Waals surface area contributed by atoms with Crippen LogP contribution in [0.5, 0.6) is 0 Å². The normalized spacial score (nSPS) is 25.9. The summed E-state index contributed by atoms with van der Waals surface area (Å²) in [5.74, 6) is 0. The first-order valence-electron chi connectivity index (χ1n) is 14.5. The Morgan fingerprint density at radius 2 is 0.889 bits per heavy atom. The smallest absolute Gasteiger partial charge is 0.218 e. The van der Waals surface area contributed by atoms with E-state index >= 15 is 0 Å². The lowest BCUT2D eigenvalue weighted by atomic mass is 10.3. The predicted molar refractivity (Wildman–Crippen MR) is 154 cm³/mol. The average Bonchev–Trinajstić information content (AvgIpc) is 3.73. The first-order valence-corrected chi connectivity index (χ1v) is 18.1. The van der Waals surface area contributed by atoms with Crippen molar-refractivity contribution in [3.05, 3.63) is 29.3 Å². The van der Waals surface area contributed by atoms with Crippen LogP contribution in [0.3, 0.4) is 0 Å². The van der Waals surface area contributed by atoms with Crippen molar-refractivity contribution < 1.29 is 0 Å². The lowest BCUT2D eigenvalue weighted by Gasteiger charge is -2.49. The van der Waals surface area contributed by atoms with Crippen LogP contribution in [0.4, 0.5) is 5.69 Å². The Hall–Kier alpha value is -0.230. The van der Waals surface area contributed by atoms with E-state index in [4.69, 9.17) is 20.9 Å². The molecule has 5 aliphatic heterocycles. The minimum absolute atomic E-state index is 0.767. The second-order valence-corrected chi connectivity index (χ2v) is 17.3. The van der Waals surface area contributed by atoms with E-state index in [1.807, 2.05) is 12.1 Å². The summed E-state index contributed by atoms with van der Waals surface area (Å²) in [6.45, 7) is 11.6. The summed E-state index contributed by atoms with van der Waals surface area (Å²) >= 11 is 6.82. The largest absolute Gasteiger partial charge is 0.245 e. The predicted octanol–water partition coefficient (Wildman–Crippen LogP) is 7.34. The second-order valence-electron chi connectivity index (χ2n) is 11.0. The lowest BCUT2D eigenvalue weighted by Crippen LogP contribution is -2.39. The molecular weight excluding hydrogens is 508 g/mol. The minimum Gasteiger partial charge on any atom is -0.245 e. The molecule has 5 aliphatic rings. The van der Waals surface area contributed by atoms with Crippen LogP contribution in [0.1, 0.15) is 64.2 Å². The Morgan fingerprint density at radius 3 is 1.28 bits per heavy atom. The maximum atomic E-state index is 6.82. The fourth-order valence-corrected chi connectivity index (χ4v) is 17.0. The number of halogens is 1. The Kier molecular flexibility index (Phi) is 8.30. The molecule has 5 fully saturated rings. The number of benzene rings is 1. The summed E-state index contributed by atoms with van der Waals surface area (Å²) in [4.78, 5) is 0. The molecule has 0 bridgehead atoms. The van der Waals surface area contributed by atoms with E-state index in [0.29, 0.717) is 0 Å². The molecular formula is C26H44ClN7P2. The van der Waals surface area contributed by atoms with Gasteiger partial charge in [0, 0.05) is 65.4 Å². The second kappa shape index (κ2) is 11.5. The molecule has 0 aromatic heterocycles. The van der Waals surface area contributed by atoms with E-state index in [1.165, 1.54) is 103 Å². The molecule has 0 spiro atoms. The molecule has 1 aromatic carbocycles. The van der Waals surface area contributed by atoms with Crippen LogP contribution in [0.25, 0.3) is 0 Å². The molecule has 0 N–H and O–H groups in total. The highest BCUT2D eigenvalue weighted by molar-refractivity contribution is 7.71. The van der Waals surface area contributed by atoms with Crippen molar-refractivity contribution in [2.24, 2.45) is 9.26 Å². The fraction of sp³-hybridized carbons (Fsp3) is 0.769.